The molecule has 0 bridgehead atoms. The van der Waals surface area contributed by atoms with Crippen LogP contribution in [-0.2, 0) is 11.2 Å². The molecule has 3 rings (SSSR count). The Labute approximate surface area is 119 Å². The molecule has 1 aromatic carbocycles. The molecular weight excluding hydrogens is 252 g/mol. The van der Waals surface area contributed by atoms with Gasteiger partial charge in [-0.2, -0.15) is 0 Å². The molecule has 0 aromatic heterocycles. The summed E-state index contributed by atoms with van der Waals surface area (Å²) in [4.78, 5) is 13.7. The Kier molecular flexibility index (Phi) is 4.03. The van der Waals surface area contributed by atoms with Gasteiger partial charge in [0, 0.05) is 25.7 Å². The Morgan fingerprint density at radius 2 is 2.15 bits per heavy atom. The van der Waals surface area contributed by atoms with Crippen molar-refractivity contribution in [3.8, 4) is 0 Å². The lowest BCUT2D eigenvalue weighted by Crippen LogP contribution is -2.55. The van der Waals surface area contributed by atoms with Crippen LogP contribution >= 0.6 is 0 Å². The summed E-state index contributed by atoms with van der Waals surface area (Å²) in [5.41, 5.74) is 2.75. The van der Waals surface area contributed by atoms with Gasteiger partial charge >= 0.3 is 5.97 Å². The van der Waals surface area contributed by atoms with Crippen LogP contribution in [0.15, 0.2) is 24.3 Å². The Hall–Kier alpha value is -1.39. The van der Waals surface area contributed by atoms with Crippen molar-refractivity contribution in [1.29, 1.82) is 0 Å². The molecule has 1 saturated heterocycles. The fourth-order valence-electron chi connectivity index (χ4n) is 3.56. The first-order valence-electron chi connectivity index (χ1n) is 7.54. The van der Waals surface area contributed by atoms with Crippen molar-refractivity contribution in [2.24, 2.45) is 0 Å². The summed E-state index contributed by atoms with van der Waals surface area (Å²) in [5.74, 6) is -0.709. The number of piperazine rings is 1. The number of nitrogens with one attached hydrogen (secondary N) is 1. The minimum atomic E-state index is -0.709. The van der Waals surface area contributed by atoms with Gasteiger partial charge in [-0.3, -0.25) is 9.69 Å². The third-order valence-corrected chi connectivity index (χ3v) is 4.56. The first-order valence-corrected chi connectivity index (χ1v) is 7.54. The predicted octanol–water partition coefficient (Wildman–Crippen LogP) is 1.81. The second-order valence-electron chi connectivity index (χ2n) is 5.76. The highest BCUT2D eigenvalue weighted by Crippen LogP contribution is 2.34. The highest BCUT2D eigenvalue weighted by molar-refractivity contribution is 5.74. The van der Waals surface area contributed by atoms with Crippen molar-refractivity contribution in [3.05, 3.63) is 35.4 Å². The molecule has 108 valence electrons. The molecule has 0 radical (unpaired) electrons. The van der Waals surface area contributed by atoms with Gasteiger partial charge in [0.25, 0.3) is 0 Å². The zero-order chi connectivity index (χ0) is 13.9. The molecule has 4 nitrogen and oxygen atoms in total. The van der Waals surface area contributed by atoms with Gasteiger partial charge in [-0.1, -0.05) is 30.7 Å². The van der Waals surface area contributed by atoms with Crippen LogP contribution in [0.25, 0.3) is 0 Å². The second kappa shape index (κ2) is 5.94. The maximum Gasteiger partial charge on any atom is 0.322 e. The third-order valence-electron chi connectivity index (χ3n) is 4.56. The zero-order valence-electron chi connectivity index (χ0n) is 11.7. The van der Waals surface area contributed by atoms with E-state index < -0.39 is 12.0 Å². The van der Waals surface area contributed by atoms with E-state index in [9.17, 15) is 9.90 Å². The van der Waals surface area contributed by atoms with Crippen molar-refractivity contribution in [3.63, 3.8) is 0 Å². The van der Waals surface area contributed by atoms with E-state index in [0.29, 0.717) is 6.54 Å². The van der Waals surface area contributed by atoms with Crippen LogP contribution in [-0.4, -0.2) is 41.7 Å². The number of carbonyl (C=O) groups is 1. The molecule has 2 atom stereocenters. The Bertz CT molecular complexity index is 489. The van der Waals surface area contributed by atoms with E-state index in [4.69, 9.17) is 0 Å². The van der Waals surface area contributed by atoms with Gasteiger partial charge < -0.3 is 10.4 Å². The largest absolute Gasteiger partial charge is 0.480 e. The monoisotopic (exact) mass is 274 g/mol. The number of benzene rings is 1. The van der Waals surface area contributed by atoms with Crippen LogP contribution in [0.3, 0.4) is 0 Å². The highest BCUT2D eigenvalue weighted by Gasteiger charge is 2.35. The standard InChI is InChI=1S/C16H22N2O2/c19-16(20)15-11-17-9-10-18(15)14-8-4-2-6-12-5-1-3-7-13(12)14/h1,3,5,7,14-15,17H,2,4,6,8-11H2,(H,19,20). The van der Waals surface area contributed by atoms with E-state index in [0.717, 1.165) is 25.9 Å². The number of aliphatic carboxylic acids is 1. The maximum absolute atomic E-state index is 11.5. The quantitative estimate of drug-likeness (QED) is 0.808. The van der Waals surface area contributed by atoms with E-state index in [2.05, 4.69) is 34.5 Å². The number of aryl methyl sites for hydroxylation is 1. The number of hydrogen-bond acceptors (Lipinski definition) is 3. The van der Waals surface area contributed by atoms with Gasteiger partial charge in [0.1, 0.15) is 6.04 Å². The lowest BCUT2D eigenvalue weighted by Gasteiger charge is -2.39. The zero-order valence-corrected chi connectivity index (χ0v) is 11.7. The average molecular weight is 274 g/mol. The molecule has 20 heavy (non-hydrogen) atoms. The minimum absolute atomic E-state index is 0.261. The third kappa shape index (κ3) is 2.58. The molecule has 2 N–H and O–H groups in total. The molecule has 1 aliphatic heterocycles. The summed E-state index contributed by atoms with van der Waals surface area (Å²) >= 11 is 0. The lowest BCUT2D eigenvalue weighted by molar-refractivity contribution is -0.145. The van der Waals surface area contributed by atoms with Crippen molar-refractivity contribution in [2.75, 3.05) is 19.6 Å². The van der Waals surface area contributed by atoms with Gasteiger partial charge in [-0.05, 0) is 30.4 Å². The topological polar surface area (TPSA) is 52.6 Å². The number of fused-ring (bicyclic) bond motifs is 1. The predicted molar refractivity (Wildman–Crippen MR) is 77.7 cm³/mol. The van der Waals surface area contributed by atoms with Crippen LogP contribution < -0.4 is 5.32 Å². The smallest absolute Gasteiger partial charge is 0.322 e. The van der Waals surface area contributed by atoms with Crippen LogP contribution in [0.4, 0.5) is 0 Å². The summed E-state index contributed by atoms with van der Waals surface area (Å²) < 4.78 is 0. The van der Waals surface area contributed by atoms with Crippen LogP contribution in [0.1, 0.15) is 36.4 Å². The summed E-state index contributed by atoms with van der Waals surface area (Å²) in [5, 5.41) is 12.7. The van der Waals surface area contributed by atoms with Crippen molar-refractivity contribution < 1.29 is 9.90 Å². The molecule has 1 aromatic rings. The fourth-order valence-corrected chi connectivity index (χ4v) is 3.56. The molecule has 2 aliphatic rings. The molecule has 0 spiro atoms. The molecular formula is C16H22N2O2. The van der Waals surface area contributed by atoms with E-state index in [1.54, 1.807) is 0 Å². The Morgan fingerprint density at radius 3 is 3.00 bits per heavy atom. The summed E-state index contributed by atoms with van der Waals surface area (Å²) in [7, 11) is 0. The summed E-state index contributed by atoms with van der Waals surface area (Å²) in [6.45, 7) is 2.24. The van der Waals surface area contributed by atoms with E-state index in [1.807, 2.05) is 0 Å². The van der Waals surface area contributed by atoms with E-state index in [1.165, 1.54) is 24.0 Å². The van der Waals surface area contributed by atoms with Crippen molar-refractivity contribution in [2.45, 2.75) is 37.8 Å². The van der Waals surface area contributed by atoms with Gasteiger partial charge in [-0.25, -0.2) is 0 Å². The molecule has 1 fully saturated rings. The van der Waals surface area contributed by atoms with Crippen molar-refractivity contribution >= 4 is 5.97 Å². The van der Waals surface area contributed by atoms with Gasteiger partial charge in [0.15, 0.2) is 0 Å². The SMILES string of the molecule is O=C(O)C1CNCCN1C1CCCCc2ccccc21. The number of carboxylic acids is 1. The average Bonchev–Trinajstić information content (AvgIpc) is 2.69. The molecule has 2 unspecified atom stereocenters. The van der Waals surface area contributed by atoms with Gasteiger partial charge in [0.2, 0.25) is 0 Å². The molecule has 4 heteroatoms. The van der Waals surface area contributed by atoms with E-state index in [-0.39, 0.29) is 6.04 Å². The van der Waals surface area contributed by atoms with Gasteiger partial charge in [0.05, 0.1) is 0 Å². The lowest BCUT2D eigenvalue weighted by atomic mass is 9.95. The minimum Gasteiger partial charge on any atom is -0.480 e. The fraction of sp³-hybridized carbons (Fsp3) is 0.562. The van der Waals surface area contributed by atoms with E-state index >= 15 is 0 Å². The molecule has 0 saturated carbocycles. The molecule has 0 amide bonds. The molecule has 1 heterocycles. The number of carboxylic acid groups (broad SMARTS) is 1. The highest BCUT2D eigenvalue weighted by atomic mass is 16.4. The summed E-state index contributed by atoms with van der Waals surface area (Å²) in [6, 6.07) is 8.41. The van der Waals surface area contributed by atoms with Crippen LogP contribution in [0.5, 0.6) is 0 Å². The molecule has 1 aliphatic carbocycles. The van der Waals surface area contributed by atoms with Gasteiger partial charge in [-0.15, -0.1) is 0 Å². The number of rotatable bonds is 2. The first kappa shape index (κ1) is 13.6. The number of nitrogens with zero attached hydrogens (tertiary/aromatic N) is 1. The van der Waals surface area contributed by atoms with Crippen LogP contribution in [0, 0.1) is 0 Å². The summed E-state index contributed by atoms with van der Waals surface area (Å²) in [6.07, 6.45) is 4.57. The first-order chi connectivity index (χ1) is 9.77. The Balaban J connectivity index is 1.93. The number of hydrogen-bond donors (Lipinski definition) is 2. The maximum atomic E-state index is 11.5. The van der Waals surface area contributed by atoms with Crippen LogP contribution in [0.2, 0.25) is 0 Å². The second-order valence-corrected chi connectivity index (χ2v) is 5.76. The Morgan fingerprint density at radius 1 is 1.30 bits per heavy atom. The normalized spacial score (nSPS) is 27.6. The van der Waals surface area contributed by atoms with Crippen molar-refractivity contribution in [1.82, 2.24) is 10.2 Å².